The number of halogens is 1. The largest absolute Gasteiger partial charge is 0.317 e. The topological polar surface area (TPSA) is 134 Å². The lowest BCUT2D eigenvalue weighted by molar-refractivity contribution is -0.133. The quantitative estimate of drug-likeness (QED) is 0.363. The number of carbonyl (C=O) groups is 3. The number of sulfonamides is 1. The van der Waals surface area contributed by atoms with Crippen LogP contribution in [0.3, 0.4) is 0 Å². The summed E-state index contributed by atoms with van der Waals surface area (Å²) in [4.78, 5) is 41.9. The van der Waals surface area contributed by atoms with E-state index in [1.165, 1.54) is 0 Å². The van der Waals surface area contributed by atoms with E-state index in [-0.39, 0.29) is 23.4 Å². The lowest BCUT2D eigenvalue weighted by Gasteiger charge is -2.14. The lowest BCUT2D eigenvalue weighted by Crippen LogP contribution is -2.30. The molecule has 0 saturated heterocycles. The van der Waals surface area contributed by atoms with E-state index in [0.29, 0.717) is 20.7 Å². The number of thiazole rings is 1. The summed E-state index contributed by atoms with van der Waals surface area (Å²) < 4.78 is 25.3. The molecular weight excluding hydrogens is 520 g/mol. The van der Waals surface area contributed by atoms with Crippen molar-refractivity contribution in [3.63, 3.8) is 0 Å². The summed E-state index contributed by atoms with van der Waals surface area (Å²) in [6.07, 6.45) is 4.71. The highest BCUT2D eigenvalue weighted by Crippen LogP contribution is 2.31. The monoisotopic (exact) mass is 542 g/mol. The zero-order chi connectivity index (χ0) is 23.5. The second kappa shape index (κ2) is 10.2. The van der Waals surface area contributed by atoms with Gasteiger partial charge in [0.25, 0.3) is 0 Å². The fourth-order valence-corrected chi connectivity index (χ4v) is 5.20. The van der Waals surface area contributed by atoms with Gasteiger partial charge in [-0.05, 0) is 47.8 Å². The number of ketones is 1. The number of carbonyl (C=O) groups excluding carboxylic acids is 3. The molecule has 1 aromatic heterocycles. The van der Waals surface area contributed by atoms with E-state index in [0.717, 1.165) is 48.8 Å². The Morgan fingerprint density at radius 3 is 2.47 bits per heavy atom. The maximum absolute atomic E-state index is 12.9. The molecule has 0 bridgehead atoms. The molecule has 9 nitrogen and oxygen atoms in total. The molecule has 1 fully saturated rings. The number of hydrogen-bond acceptors (Lipinski definition) is 7. The van der Waals surface area contributed by atoms with Crippen LogP contribution in [0, 0.1) is 12.8 Å². The number of aryl methyl sites for hydroxylation is 1. The Bertz CT molecular complexity index is 1160. The average molecular weight is 543 g/mol. The van der Waals surface area contributed by atoms with E-state index < -0.39 is 21.8 Å². The third-order valence-corrected chi connectivity index (χ3v) is 7.41. The molecule has 32 heavy (non-hydrogen) atoms. The van der Waals surface area contributed by atoms with Crippen LogP contribution in [0.4, 0.5) is 10.8 Å². The molecule has 0 atom stereocenters. The Labute approximate surface area is 198 Å². The fraction of sp³-hybridized carbons (Fsp3) is 0.400. The molecule has 0 radical (unpaired) electrons. The summed E-state index contributed by atoms with van der Waals surface area (Å²) in [5, 5.41) is 5.06. The van der Waals surface area contributed by atoms with E-state index in [1.807, 2.05) is 6.92 Å². The normalized spacial score (nSPS) is 14.3. The van der Waals surface area contributed by atoms with Crippen molar-refractivity contribution in [3.8, 4) is 0 Å². The number of anilines is 2. The summed E-state index contributed by atoms with van der Waals surface area (Å²) in [5.41, 5.74) is 1.96. The standard InChI is InChI=1S/C20H23BrN4O5S2/c1-11-7-8-14(13(9-11)16(26)12-5-3-4-6-12)23-18(27)19(28)25-20-24-15(17(21)31-20)10-22-32(2,29)30/h7-9,12,22H,3-6,10H2,1-2H3,(H,23,27)(H,24,25,28). The van der Waals surface area contributed by atoms with E-state index >= 15 is 0 Å². The van der Waals surface area contributed by atoms with Crippen LogP contribution in [0.25, 0.3) is 0 Å². The van der Waals surface area contributed by atoms with Gasteiger partial charge in [-0.25, -0.2) is 18.1 Å². The number of hydrogen-bond donors (Lipinski definition) is 3. The summed E-state index contributed by atoms with van der Waals surface area (Å²) in [5.74, 6) is -1.97. The molecule has 3 rings (SSSR count). The second-order valence-electron chi connectivity index (χ2n) is 7.64. The summed E-state index contributed by atoms with van der Waals surface area (Å²) in [7, 11) is -3.41. The Hall–Kier alpha value is -2.15. The van der Waals surface area contributed by atoms with Crippen LogP contribution in [0.15, 0.2) is 22.0 Å². The minimum Gasteiger partial charge on any atom is -0.317 e. The molecule has 0 spiro atoms. The molecule has 2 amide bonds. The molecule has 1 heterocycles. The molecule has 1 aromatic carbocycles. The molecule has 1 aliphatic rings. The molecular formula is C20H23BrN4O5S2. The van der Waals surface area contributed by atoms with E-state index in [2.05, 4.69) is 36.3 Å². The Kier molecular flexibility index (Phi) is 7.80. The van der Waals surface area contributed by atoms with Gasteiger partial charge >= 0.3 is 11.8 Å². The van der Waals surface area contributed by atoms with Crippen molar-refractivity contribution in [2.45, 2.75) is 39.2 Å². The first-order chi connectivity index (χ1) is 15.0. The van der Waals surface area contributed by atoms with Gasteiger partial charge in [-0.15, -0.1) is 0 Å². The first-order valence-electron chi connectivity index (χ1n) is 9.90. The number of rotatable bonds is 7. The molecule has 12 heteroatoms. The lowest BCUT2D eigenvalue weighted by atomic mass is 9.94. The highest BCUT2D eigenvalue weighted by molar-refractivity contribution is 9.11. The maximum Gasteiger partial charge on any atom is 0.315 e. The summed E-state index contributed by atoms with van der Waals surface area (Å²) in [6, 6.07) is 5.11. The van der Waals surface area contributed by atoms with Gasteiger partial charge in [0, 0.05) is 11.5 Å². The van der Waals surface area contributed by atoms with Crippen molar-refractivity contribution < 1.29 is 22.8 Å². The Morgan fingerprint density at radius 1 is 1.16 bits per heavy atom. The number of Topliss-reactive ketones (excluding diaryl/α,β-unsaturated/α-hetero) is 1. The summed E-state index contributed by atoms with van der Waals surface area (Å²) >= 11 is 4.31. The minimum atomic E-state index is -3.41. The molecule has 0 aliphatic heterocycles. The van der Waals surface area contributed by atoms with Gasteiger partial charge in [0.1, 0.15) is 0 Å². The van der Waals surface area contributed by atoms with Gasteiger partial charge in [-0.2, -0.15) is 0 Å². The molecule has 172 valence electrons. The third-order valence-electron chi connectivity index (χ3n) is 4.99. The van der Waals surface area contributed by atoms with E-state index in [4.69, 9.17) is 0 Å². The van der Waals surface area contributed by atoms with Gasteiger partial charge in [0.15, 0.2) is 10.9 Å². The van der Waals surface area contributed by atoms with Crippen molar-refractivity contribution in [1.29, 1.82) is 0 Å². The number of benzene rings is 1. The van der Waals surface area contributed by atoms with Crippen LogP contribution < -0.4 is 15.4 Å². The van der Waals surface area contributed by atoms with Crippen molar-refractivity contribution >= 4 is 65.7 Å². The van der Waals surface area contributed by atoms with Gasteiger partial charge in [-0.1, -0.05) is 35.8 Å². The average Bonchev–Trinajstić information content (AvgIpc) is 3.36. The highest BCUT2D eigenvalue weighted by Gasteiger charge is 2.27. The number of amides is 2. The Balaban J connectivity index is 1.69. The molecule has 1 aliphatic carbocycles. The zero-order valence-electron chi connectivity index (χ0n) is 17.5. The van der Waals surface area contributed by atoms with Crippen LogP contribution in [0.1, 0.15) is 47.3 Å². The summed E-state index contributed by atoms with van der Waals surface area (Å²) in [6.45, 7) is 1.80. The molecule has 2 aromatic rings. The van der Waals surface area contributed by atoms with Crippen LogP contribution in [0.5, 0.6) is 0 Å². The number of nitrogens with one attached hydrogen (secondary N) is 3. The van der Waals surface area contributed by atoms with E-state index in [1.54, 1.807) is 18.2 Å². The second-order valence-corrected chi connectivity index (χ2v) is 11.8. The SMILES string of the molecule is Cc1ccc(NC(=O)C(=O)Nc2nc(CNS(C)(=O)=O)c(Br)s2)c(C(=O)C2CCCC2)c1. The fourth-order valence-electron chi connectivity index (χ4n) is 3.41. The van der Waals surface area contributed by atoms with Gasteiger partial charge in [-0.3, -0.25) is 19.7 Å². The third kappa shape index (κ3) is 6.44. The first kappa shape index (κ1) is 24.5. The predicted octanol–water partition coefficient (Wildman–Crippen LogP) is 3.21. The maximum atomic E-state index is 12.9. The van der Waals surface area contributed by atoms with E-state index in [9.17, 15) is 22.8 Å². The molecule has 3 N–H and O–H groups in total. The molecule has 0 unspecified atom stereocenters. The van der Waals surface area contributed by atoms with Crippen molar-refractivity contribution in [2.24, 2.45) is 5.92 Å². The molecule has 1 saturated carbocycles. The van der Waals surface area contributed by atoms with Crippen LogP contribution in [0.2, 0.25) is 0 Å². The smallest absolute Gasteiger partial charge is 0.315 e. The van der Waals surface area contributed by atoms with Crippen LogP contribution in [-0.4, -0.2) is 37.3 Å². The first-order valence-corrected chi connectivity index (χ1v) is 13.4. The van der Waals surface area contributed by atoms with Gasteiger partial charge in [0.05, 0.1) is 28.0 Å². The van der Waals surface area contributed by atoms with Crippen LogP contribution >= 0.6 is 27.3 Å². The van der Waals surface area contributed by atoms with Gasteiger partial charge in [0.2, 0.25) is 10.0 Å². The predicted molar refractivity (Wildman–Crippen MR) is 126 cm³/mol. The zero-order valence-corrected chi connectivity index (χ0v) is 20.7. The highest BCUT2D eigenvalue weighted by atomic mass is 79.9. The van der Waals surface area contributed by atoms with Gasteiger partial charge < -0.3 is 5.32 Å². The minimum absolute atomic E-state index is 0.0196. The van der Waals surface area contributed by atoms with Crippen LogP contribution in [-0.2, 0) is 26.2 Å². The Morgan fingerprint density at radius 2 is 1.81 bits per heavy atom. The number of aromatic nitrogens is 1. The van der Waals surface area contributed by atoms with Crippen molar-refractivity contribution in [1.82, 2.24) is 9.71 Å². The van der Waals surface area contributed by atoms with Crippen molar-refractivity contribution in [2.75, 3.05) is 16.9 Å². The van der Waals surface area contributed by atoms with Crippen molar-refractivity contribution in [3.05, 3.63) is 38.8 Å². The number of nitrogens with zero attached hydrogens (tertiary/aromatic N) is 1.